The maximum Gasteiger partial charge on any atom is 0.166 e. The molecule has 0 heterocycles. The molecule has 0 saturated heterocycles. The zero-order chi connectivity index (χ0) is 12.0. The van der Waals surface area contributed by atoms with Crippen LogP contribution in [0.25, 0.3) is 0 Å². The average molecular weight is 242 g/mol. The molecule has 1 aliphatic rings. The van der Waals surface area contributed by atoms with E-state index in [1.807, 2.05) is 0 Å². The minimum atomic E-state index is 0.490. The van der Waals surface area contributed by atoms with E-state index in [4.69, 9.17) is 12.2 Å². The topological polar surface area (TPSA) is 24.1 Å². The van der Waals surface area contributed by atoms with Crippen molar-refractivity contribution in [2.24, 2.45) is 5.92 Å². The molecule has 1 saturated carbocycles. The summed E-state index contributed by atoms with van der Waals surface area (Å²) >= 11 is 5.32. The van der Waals surface area contributed by atoms with Gasteiger partial charge in [0, 0.05) is 12.1 Å². The van der Waals surface area contributed by atoms with E-state index < -0.39 is 0 Å². The van der Waals surface area contributed by atoms with Crippen LogP contribution in [0.2, 0.25) is 0 Å². The summed E-state index contributed by atoms with van der Waals surface area (Å²) in [6, 6.07) is 1.11. The van der Waals surface area contributed by atoms with Gasteiger partial charge in [0.1, 0.15) is 0 Å². The van der Waals surface area contributed by atoms with Crippen molar-refractivity contribution in [3.63, 3.8) is 0 Å². The van der Waals surface area contributed by atoms with Crippen molar-refractivity contribution in [2.75, 3.05) is 0 Å². The van der Waals surface area contributed by atoms with E-state index in [2.05, 4.69) is 31.4 Å². The Bertz CT molecular complexity index is 210. The molecule has 0 aromatic carbocycles. The van der Waals surface area contributed by atoms with Gasteiger partial charge in [0.25, 0.3) is 0 Å². The molecule has 1 atom stereocenters. The first kappa shape index (κ1) is 13.8. The molecule has 94 valence electrons. The normalized spacial score (nSPS) is 18.8. The lowest BCUT2D eigenvalue weighted by molar-refractivity contribution is 0.487. The van der Waals surface area contributed by atoms with Gasteiger partial charge in [0.2, 0.25) is 0 Å². The van der Waals surface area contributed by atoms with Crippen LogP contribution in [0.1, 0.15) is 59.3 Å². The molecular weight excluding hydrogens is 216 g/mol. The van der Waals surface area contributed by atoms with Gasteiger partial charge in [-0.15, -0.1) is 0 Å². The highest BCUT2D eigenvalue weighted by Crippen LogP contribution is 2.17. The van der Waals surface area contributed by atoms with Gasteiger partial charge in [-0.3, -0.25) is 0 Å². The van der Waals surface area contributed by atoms with Crippen molar-refractivity contribution in [3.8, 4) is 0 Å². The second kappa shape index (κ2) is 7.10. The lowest BCUT2D eigenvalue weighted by atomic mass is 10.0. The summed E-state index contributed by atoms with van der Waals surface area (Å²) < 4.78 is 0. The van der Waals surface area contributed by atoms with Crippen LogP contribution in [0.4, 0.5) is 0 Å². The van der Waals surface area contributed by atoms with Crippen LogP contribution in [-0.4, -0.2) is 17.2 Å². The van der Waals surface area contributed by atoms with Crippen LogP contribution in [0.3, 0.4) is 0 Å². The van der Waals surface area contributed by atoms with Crippen molar-refractivity contribution in [1.82, 2.24) is 10.6 Å². The summed E-state index contributed by atoms with van der Waals surface area (Å²) in [5, 5.41) is 7.65. The molecular formula is C13H26N2S. The zero-order valence-electron chi connectivity index (χ0n) is 10.9. The fourth-order valence-corrected chi connectivity index (χ4v) is 2.54. The average Bonchev–Trinajstić information content (AvgIpc) is 2.67. The third-order valence-electron chi connectivity index (χ3n) is 3.24. The third kappa shape index (κ3) is 5.69. The Morgan fingerprint density at radius 1 is 1.19 bits per heavy atom. The van der Waals surface area contributed by atoms with Crippen molar-refractivity contribution < 1.29 is 0 Å². The van der Waals surface area contributed by atoms with E-state index in [0.29, 0.717) is 12.1 Å². The summed E-state index contributed by atoms with van der Waals surface area (Å²) in [6.07, 6.45) is 7.72. The third-order valence-corrected chi connectivity index (χ3v) is 3.48. The van der Waals surface area contributed by atoms with E-state index in [0.717, 1.165) is 11.0 Å². The first-order valence-corrected chi connectivity index (χ1v) is 7.05. The molecule has 0 aromatic heterocycles. The van der Waals surface area contributed by atoms with Gasteiger partial charge in [0.05, 0.1) is 0 Å². The minimum Gasteiger partial charge on any atom is -0.360 e. The molecule has 1 unspecified atom stereocenters. The van der Waals surface area contributed by atoms with E-state index in [9.17, 15) is 0 Å². The number of thiocarbonyl (C=S) groups is 1. The highest BCUT2D eigenvalue weighted by molar-refractivity contribution is 7.80. The summed E-state index contributed by atoms with van der Waals surface area (Å²) in [5.41, 5.74) is 0. The maximum atomic E-state index is 5.32. The Hall–Kier alpha value is -0.310. The molecule has 1 fully saturated rings. The predicted octanol–water partition coefficient (Wildman–Crippen LogP) is 3.22. The van der Waals surface area contributed by atoms with Gasteiger partial charge in [-0.1, -0.05) is 26.7 Å². The van der Waals surface area contributed by atoms with Crippen LogP contribution >= 0.6 is 12.2 Å². The Balaban J connectivity index is 2.12. The van der Waals surface area contributed by atoms with Crippen molar-refractivity contribution in [1.29, 1.82) is 0 Å². The lowest BCUT2D eigenvalue weighted by Crippen LogP contribution is -2.44. The first-order valence-electron chi connectivity index (χ1n) is 6.65. The van der Waals surface area contributed by atoms with Crippen LogP contribution < -0.4 is 10.6 Å². The molecule has 1 aliphatic carbocycles. The van der Waals surface area contributed by atoms with Crippen molar-refractivity contribution in [3.05, 3.63) is 0 Å². The van der Waals surface area contributed by atoms with Crippen LogP contribution in [-0.2, 0) is 0 Å². The summed E-state index contributed by atoms with van der Waals surface area (Å²) in [5.74, 6) is 0.778. The maximum absolute atomic E-state index is 5.32. The van der Waals surface area contributed by atoms with Gasteiger partial charge in [-0.25, -0.2) is 0 Å². The smallest absolute Gasteiger partial charge is 0.166 e. The molecule has 1 rings (SSSR count). The second-order valence-corrected chi connectivity index (χ2v) is 5.88. The highest BCUT2D eigenvalue weighted by Gasteiger charge is 2.16. The molecule has 16 heavy (non-hydrogen) atoms. The van der Waals surface area contributed by atoms with E-state index >= 15 is 0 Å². The Morgan fingerprint density at radius 3 is 2.38 bits per heavy atom. The Kier molecular flexibility index (Phi) is 6.10. The van der Waals surface area contributed by atoms with E-state index in [-0.39, 0.29) is 0 Å². The number of rotatable bonds is 5. The standard InChI is InChI=1S/C13H26N2S/c1-10(2)8-9-11(3)14-13(16)15-12-6-4-5-7-12/h10-12H,4-9H2,1-3H3,(H2,14,15,16). The van der Waals surface area contributed by atoms with Crippen LogP contribution in [0.15, 0.2) is 0 Å². The lowest BCUT2D eigenvalue weighted by Gasteiger charge is -2.20. The van der Waals surface area contributed by atoms with Gasteiger partial charge >= 0.3 is 0 Å². The number of nitrogens with one attached hydrogen (secondary N) is 2. The van der Waals surface area contributed by atoms with Crippen LogP contribution in [0, 0.1) is 5.92 Å². The minimum absolute atomic E-state index is 0.490. The molecule has 0 spiro atoms. The van der Waals surface area contributed by atoms with Gasteiger partial charge in [-0.05, 0) is 50.7 Å². The predicted molar refractivity (Wildman–Crippen MR) is 74.7 cm³/mol. The second-order valence-electron chi connectivity index (χ2n) is 5.47. The zero-order valence-corrected chi connectivity index (χ0v) is 11.7. The Labute approximate surface area is 106 Å². The van der Waals surface area contributed by atoms with Crippen LogP contribution in [0.5, 0.6) is 0 Å². The van der Waals surface area contributed by atoms with Gasteiger partial charge in [-0.2, -0.15) is 0 Å². The monoisotopic (exact) mass is 242 g/mol. The van der Waals surface area contributed by atoms with Crippen molar-refractivity contribution in [2.45, 2.75) is 71.4 Å². The SMILES string of the molecule is CC(C)CCC(C)NC(=S)NC1CCCC1. The quantitative estimate of drug-likeness (QED) is 0.724. The number of hydrogen-bond acceptors (Lipinski definition) is 1. The van der Waals surface area contributed by atoms with Gasteiger partial charge < -0.3 is 10.6 Å². The fraction of sp³-hybridized carbons (Fsp3) is 0.923. The first-order chi connectivity index (χ1) is 7.58. The summed E-state index contributed by atoms with van der Waals surface area (Å²) in [7, 11) is 0. The molecule has 3 heteroatoms. The molecule has 0 amide bonds. The Morgan fingerprint density at radius 2 is 1.81 bits per heavy atom. The van der Waals surface area contributed by atoms with Gasteiger partial charge in [0.15, 0.2) is 5.11 Å². The molecule has 2 N–H and O–H groups in total. The fourth-order valence-electron chi connectivity index (χ4n) is 2.18. The molecule has 0 aromatic rings. The summed E-state index contributed by atoms with van der Waals surface area (Å²) in [6.45, 7) is 6.74. The molecule has 0 aliphatic heterocycles. The molecule has 2 nitrogen and oxygen atoms in total. The number of hydrogen-bond donors (Lipinski definition) is 2. The molecule has 0 radical (unpaired) electrons. The van der Waals surface area contributed by atoms with E-state index in [1.54, 1.807) is 0 Å². The largest absolute Gasteiger partial charge is 0.360 e. The molecule has 0 bridgehead atoms. The highest BCUT2D eigenvalue weighted by atomic mass is 32.1. The van der Waals surface area contributed by atoms with Crippen molar-refractivity contribution >= 4 is 17.3 Å². The summed E-state index contributed by atoms with van der Waals surface area (Å²) in [4.78, 5) is 0. The van der Waals surface area contributed by atoms with E-state index in [1.165, 1.54) is 38.5 Å².